The van der Waals surface area contributed by atoms with Crippen molar-refractivity contribution in [3.8, 4) is 0 Å². The van der Waals surface area contributed by atoms with Gasteiger partial charge in [-0.3, -0.25) is 4.79 Å². The van der Waals surface area contributed by atoms with Crippen LogP contribution < -0.4 is 0 Å². The first-order chi connectivity index (χ1) is 7.61. The first kappa shape index (κ1) is 11.5. The van der Waals surface area contributed by atoms with Crippen LogP contribution in [0.5, 0.6) is 0 Å². The van der Waals surface area contributed by atoms with Crippen LogP contribution in [0.3, 0.4) is 0 Å². The number of rotatable bonds is 2. The lowest BCUT2D eigenvalue weighted by atomic mass is 10.1. The van der Waals surface area contributed by atoms with E-state index in [1.807, 2.05) is 0 Å². The Balaban J connectivity index is 2.10. The molecule has 2 rings (SSSR count). The van der Waals surface area contributed by atoms with Gasteiger partial charge in [0.05, 0.1) is 11.7 Å². The molecule has 5 heteroatoms. The minimum atomic E-state index is -0.359. The molecule has 1 aliphatic rings. The van der Waals surface area contributed by atoms with E-state index in [0.717, 1.165) is 0 Å². The summed E-state index contributed by atoms with van der Waals surface area (Å²) in [6.45, 7) is 1.19. The highest BCUT2D eigenvalue weighted by Crippen LogP contribution is 2.22. The summed E-state index contributed by atoms with van der Waals surface area (Å²) in [6, 6.07) is 4.06. The summed E-state index contributed by atoms with van der Waals surface area (Å²) in [7, 11) is 1.63. The molecular weight excluding hydrogens is 277 g/mol. The number of carbonyl (C=O) groups excluding carboxylic acids is 1. The van der Waals surface area contributed by atoms with Crippen LogP contribution >= 0.6 is 15.9 Å². The number of methoxy groups -OCH3 is 1. The summed E-state index contributed by atoms with van der Waals surface area (Å²) in [5.74, 6) is -0.457. The van der Waals surface area contributed by atoms with Gasteiger partial charge in [-0.15, -0.1) is 0 Å². The number of hydrogen-bond acceptors (Lipinski definition) is 2. The van der Waals surface area contributed by atoms with Crippen molar-refractivity contribution in [2.45, 2.75) is 6.10 Å². The molecule has 0 saturated carbocycles. The van der Waals surface area contributed by atoms with Crippen LogP contribution in [0.25, 0.3) is 0 Å². The molecule has 86 valence electrons. The van der Waals surface area contributed by atoms with Gasteiger partial charge in [0.2, 0.25) is 0 Å². The molecular formula is C11H11BrFNO2. The van der Waals surface area contributed by atoms with Crippen LogP contribution in [0.15, 0.2) is 22.7 Å². The SMILES string of the molecule is COC1CN(C(=O)c2ccc(F)cc2Br)C1. The standard InChI is InChI=1S/C11H11BrFNO2/c1-16-8-5-14(6-8)11(15)9-3-2-7(13)4-10(9)12/h2-4,8H,5-6H2,1H3. The first-order valence-electron chi connectivity index (χ1n) is 4.89. The van der Waals surface area contributed by atoms with Crippen molar-refractivity contribution < 1.29 is 13.9 Å². The van der Waals surface area contributed by atoms with E-state index in [9.17, 15) is 9.18 Å². The number of hydrogen-bond donors (Lipinski definition) is 0. The molecule has 0 atom stereocenters. The van der Waals surface area contributed by atoms with Gasteiger partial charge in [-0.25, -0.2) is 4.39 Å². The summed E-state index contributed by atoms with van der Waals surface area (Å²) in [4.78, 5) is 13.6. The number of amides is 1. The second kappa shape index (κ2) is 4.51. The lowest BCUT2D eigenvalue weighted by Crippen LogP contribution is -2.54. The van der Waals surface area contributed by atoms with Crippen LogP contribution in [-0.2, 0) is 4.74 Å². The lowest BCUT2D eigenvalue weighted by Gasteiger charge is -2.38. The van der Waals surface area contributed by atoms with Gasteiger partial charge in [-0.2, -0.15) is 0 Å². The molecule has 0 aromatic heterocycles. The smallest absolute Gasteiger partial charge is 0.255 e. The minimum absolute atomic E-state index is 0.0971. The molecule has 1 aromatic rings. The highest BCUT2D eigenvalue weighted by molar-refractivity contribution is 9.10. The maximum absolute atomic E-state index is 12.8. The van der Waals surface area contributed by atoms with E-state index >= 15 is 0 Å². The highest BCUT2D eigenvalue weighted by atomic mass is 79.9. The number of halogens is 2. The summed E-state index contributed by atoms with van der Waals surface area (Å²) in [5, 5.41) is 0. The van der Waals surface area contributed by atoms with Gasteiger partial charge >= 0.3 is 0 Å². The molecule has 3 nitrogen and oxygen atoms in total. The van der Waals surface area contributed by atoms with Gasteiger partial charge in [0, 0.05) is 24.7 Å². The van der Waals surface area contributed by atoms with Crippen LogP contribution in [0.4, 0.5) is 4.39 Å². The normalized spacial score (nSPS) is 16.1. The molecule has 1 amide bonds. The second-order valence-electron chi connectivity index (χ2n) is 3.69. The predicted octanol–water partition coefficient (Wildman–Crippen LogP) is 2.06. The lowest BCUT2D eigenvalue weighted by molar-refractivity contribution is -0.0192. The van der Waals surface area contributed by atoms with Gasteiger partial charge in [0.15, 0.2) is 0 Å². The molecule has 0 aliphatic carbocycles. The average Bonchev–Trinajstić information content (AvgIpc) is 2.15. The van der Waals surface area contributed by atoms with Crippen molar-refractivity contribution >= 4 is 21.8 Å². The van der Waals surface area contributed by atoms with E-state index in [0.29, 0.717) is 23.1 Å². The van der Waals surface area contributed by atoms with Gasteiger partial charge < -0.3 is 9.64 Å². The summed E-state index contributed by atoms with van der Waals surface area (Å²) in [6.07, 6.45) is 0.128. The number of likely N-dealkylation sites (tertiary alicyclic amines) is 1. The van der Waals surface area contributed by atoms with Crippen molar-refractivity contribution in [2.24, 2.45) is 0 Å². The van der Waals surface area contributed by atoms with Crippen molar-refractivity contribution in [1.29, 1.82) is 0 Å². The Labute approximate surface area is 101 Å². The Bertz CT molecular complexity index is 418. The molecule has 0 spiro atoms. The zero-order valence-electron chi connectivity index (χ0n) is 8.74. The van der Waals surface area contributed by atoms with Crippen molar-refractivity contribution in [3.63, 3.8) is 0 Å². The molecule has 1 heterocycles. The van der Waals surface area contributed by atoms with Gasteiger partial charge in [0.1, 0.15) is 5.82 Å². The molecule has 1 saturated heterocycles. The van der Waals surface area contributed by atoms with Crippen molar-refractivity contribution in [2.75, 3.05) is 20.2 Å². The summed E-state index contributed by atoms with van der Waals surface area (Å²) >= 11 is 3.18. The van der Waals surface area contributed by atoms with Gasteiger partial charge in [-0.1, -0.05) is 0 Å². The third kappa shape index (κ3) is 2.10. The summed E-state index contributed by atoms with van der Waals surface area (Å²) in [5.41, 5.74) is 0.482. The monoisotopic (exact) mass is 287 g/mol. The molecule has 16 heavy (non-hydrogen) atoms. The maximum atomic E-state index is 12.8. The van der Waals surface area contributed by atoms with Crippen LogP contribution in [-0.4, -0.2) is 37.1 Å². The molecule has 1 aromatic carbocycles. The van der Waals surface area contributed by atoms with Crippen molar-refractivity contribution in [3.05, 3.63) is 34.1 Å². The fraction of sp³-hybridized carbons (Fsp3) is 0.364. The van der Waals surface area contributed by atoms with Crippen LogP contribution in [0.1, 0.15) is 10.4 Å². The molecule has 0 N–H and O–H groups in total. The van der Waals surface area contributed by atoms with Gasteiger partial charge in [0.25, 0.3) is 5.91 Å². The summed E-state index contributed by atoms with van der Waals surface area (Å²) < 4.78 is 18.4. The number of nitrogens with zero attached hydrogens (tertiary/aromatic N) is 1. The Morgan fingerprint density at radius 2 is 2.25 bits per heavy atom. The zero-order chi connectivity index (χ0) is 11.7. The number of ether oxygens (including phenoxy) is 1. The van der Waals surface area contributed by atoms with E-state index in [1.165, 1.54) is 18.2 Å². The third-order valence-corrected chi connectivity index (χ3v) is 3.29. The van der Waals surface area contributed by atoms with Crippen LogP contribution in [0, 0.1) is 5.82 Å². The quantitative estimate of drug-likeness (QED) is 0.833. The molecule has 1 fully saturated rings. The van der Waals surface area contributed by atoms with E-state index in [-0.39, 0.29) is 17.8 Å². The van der Waals surface area contributed by atoms with E-state index in [1.54, 1.807) is 12.0 Å². The van der Waals surface area contributed by atoms with Crippen LogP contribution in [0.2, 0.25) is 0 Å². The topological polar surface area (TPSA) is 29.5 Å². The number of carbonyl (C=O) groups is 1. The number of benzene rings is 1. The molecule has 0 radical (unpaired) electrons. The zero-order valence-corrected chi connectivity index (χ0v) is 10.3. The highest BCUT2D eigenvalue weighted by Gasteiger charge is 2.31. The van der Waals surface area contributed by atoms with Crippen molar-refractivity contribution in [1.82, 2.24) is 4.90 Å². The van der Waals surface area contributed by atoms with E-state index < -0.39 is 0 Å². The predicted molar refractivity (Wildman–Crippen MR) is 60.8 cm³/mol. The minimum Gasteiger partial charge on any atom is -0.378 e. The third-order valence-electron chi connectivity index (χ3n) is 2.63. The van der Waals surface area contributed by atoms with E-state index in [4.69, 9.17) is 4.74 Å². The van der Waals surface area contributed by atoms with Gasteiger partial charge in [-0.05, 0) is 34.1 Å². The molecule has 1 aliphatic heterocycles. The fourth-order valence-corrected chi connectivity index (χ4v) is 2.11. The Hall–Kier alpha value is -0.940. The second-order valence-corrected chi connectivity index (χ2v) is 4.55. The Kier molecular flexibility index (Phi) is 3.25. The fourth-order valence-electron chi connectivity index (χ4n) is 1.59. The Morgan fingerprint density at radius 3 is 2.81 bits per heavy atom. The largest absolute Gasteiger partial charge is 0.378 e. The Morgan fingerprint density at radius 1 is 1.56 bits per heavy atom. The van der Waals surface area contributed by atoms with E-state index in [2.05, 4.69) is 15.9 Å². The molecule has 0 bridgehead atoms. The first-order valence-corrected chi connectivity index (χ1v) is 5.68. The maximum Gasteiger partial charge on any atom is 0.255 e. The average molecular weight is 288 g/mol. The molecule has 0 unspecified atom stereocenters.